The maximum absolute atomic E-state index is 12.0. The van der Waals surface area contributed by atoms with Gasteiger partial charge in [0.2, 0.25) is 5.91 Å². The first-order chi connectivity index (χ1) is 9.52. The number of rotatable bonds is 6. The highest BCUT2D eigenvalue weighted by molar-refractivity contribution is 7.91. The molecule has 0 spiro atoms. The fourth-order valence-corrected chi connectivity index (χ4v) is 3.77. The quantitative estimate of drug-likeness (QED) is 0.783. The Balaban J connectivity index is 1.74. The molecule has 1 N–H and O–H groups in total. The van der Waals surface area contributed by atoms with Crippen LogP contribution in [0, 0.1) is 0 Å². The van der Waals surface area contributed by atoms with Crippen molar-refractivity contribution in [2.75, 3.05) is 31.1 Å². The number of hydrogen-bond acceptors (Lipinski definition) is 5. The number of carbonyl (C=O) groups is 1. The number of fused-ring (bicyclic) bond motifs is 1. The van der Waals surface area contributed by atoms with E-state index in [-0.39, 0.29) is 24.0 Å². The van der Waals surface area contributed by atoms with E-state index < -0.39 is 9.84 Å². The predicted octanol–water partition coefficient (Wildman–Crippen LogP) is 0.657. The molecule has 0 radical (unpaired) electrons. The second-order valence-electron chi connectivity index (χ2n) is 4.85. The fraction of sp³-hybridized carbons (Fsp3) is 0.615. The Hall–Kier alpha value is -0.920. The Morgan fingerprint density at radius 2 is 2.30 bits per heavy atom. The van der Waals surface area contributed by atoms with Crippen LogP contribution in [-0.2, 0) is 27.6 Å². The number of nitrogens with one attached hydrogen (secondary N) is 1. The number of amides is 1. The SMILES string of the molecule is CCS(=O)(=O)CCNCC(=O)N1CCc2sccc2C1. The van der Waals surface area contributed by atoms with Crippen molar-refractivity contribution in [3.8, 4) is 0 Å². The van der Waals surface area contributed by atoms with Crippen molar-refractivity contribution < 1.29 is 13.2 Å². The summed E-state index contributed by atoms with van der Waals surface area (Å²) in [6, 6.07) is 2.07. The Kier molecular flexibility index (Phi) is 5.17. The van der Waals surface area contributed by atoms with Crippen LogP contribution < -0.4 is 5.32 Å². The largest absolute Gasteiger partial charge is 0.337 e. The summed E-state index contributed by atoms with van der Waals surface area (Å²) < 4.78 is 22.6. The smallest absolute Gasteiger partial charge is 0.236 e. The van der Waals surface area contributed by atoms with Gasteiger partial charge in [-0.15, -0.1) is 11.3 Å². The number of nitrogens with zero attached hydrogens (tertiary/aromatic N) is 1. The maximum Gasteiger partial charge on any atom is 0.236 e. The lowest BCUT2D eigenvalue weighted by atomic mass is 10.1. The van der Waals surface area contributed by atoms with E-state index >= 15 is 0 Å². The third-order valence-corrected chi connectivity index (χ3v) is 6.20. The van der Waals surface area contributed by atoms with Gasteiger partial charge in [0, 0.05) is 30.3 Å². The van der Waals surface area contributed by atoms with Crippen LogP contribution in [0.5, 0.6) is 0 Å². The van der Waals surface area contributed by atoms with Crippen molar-refractivity contribution in [3.05, 3.63) is 21.9 Å². The van der Waals surface area contributed by atoms with E-state index in [1.165, 1.54) is 10.4 Å². The Morgan fingerprint density at radius 1 is 1.50 bits per heavy atom. The van der Waals surface area contributed by atoms with E-state index in [0.717, 1.165) is 13.0 Å². The van der Waals surface area contributed by atoms with Crippen LogP contribution in [0.2, 0.25) is 0 Å². The zero-order valence-electron chi connectivity index (χ0n) is 11.6. The summed E-state index contributed by atoms with van der Waals surface area (Å²) in [5.41, 5.74) is 1.24. The first kappa shape index (κ1) is 15.5. The van der Waals surface area contributed by atoms with Crippen LogP contribution in [-0.4, -0.2) is 50.4 Å². The van der Waals surface area contributed by atoms with Gasteiger partial charge in [-0.3, -0.25) is 4.79 Å². The van der Waals surface area contributed by atoms with Crippen molar-refractivity contribution in [1.29, 1.82) is 0 Å². The zero-order valence-corrected chi connectivity index (χ0v) is 13.2. The van der Waals surface area contributed by atoms with Crippen LogP contribution in [0.3, 0.4) is 0 Å². The summed E-state index contributed by atoms with van der Waals surface area (Å²) in [4.78, 5) is 15.2. The molecule has 2 heterocycles. The topological polar surface area (TPSA) is 66.5 Å². The number of hydrogen-bond donors (Lipinski definition) is 1. The Bertz CT molecular complexity index is 566. The molecule has 0 bridgehead atoms. The third-order valence-electron chi connectivity index (χ3n) is 3.47. The van der Waals surface area contributed by atoms with E-state index in [0.29, 0.717) is 13.1 Å². The standard InChI is InChI=1S/C13H20N2O3S2/c1-2-20(17,18)8-5-14-9-13(16)15-6-3-12-11(10-15)4-7-19-12/h4,7,14H,2-3,5-6,8-10H2,1H3. The highest BCUT2D eigenvalue weighted by Gasteiger charge is 2.21. The van der Waals surface area contributed by atoms with Gasteiger partial charge in [0.25, 0.3) is 0 Å². The number of thiophene rings is 1. The summed E-state index contributed by atoms with van der Waals surface area (Å²) in [5, 5.41) is 4.98. The lowest BCUT2D eigenvalue weighted by Gasteiger charge is -2.27. The molecule has 1 amide bonds. The van der Waals surface area contributed by atoms with Crippen LogP contribution >= 0.6 is 11.3 Å². The first-order valence-electron chi connectivity index (χ1n) is 6.76. The Labute approximate surface area is 123 Å². The molecule has 1 aromatic rings. The molecule has 7 heteroatoms. The van der Waals surface area contributed by atoms with Gasteiger partial charge in [-0.25, -0.2) is 8.42 Å². The molecular weight excluding hydrogens is 296 g/mol. The van der Waals surface area contributed by atoms with Gasteiger partial charge < -0.3 is 10.2 Å². The van der Waals surface area contributed by atoms with E-state index in [2.05, 4.69) is 16.8 Å². The molecule has 0 saturated heterocycles. The minimum atomic E-state index is -2.96. The second-order valence-corrected chi connectivity index (χ2v) is 8.32. The first-order valence-corrected chi connectivity index (χ1v) is 9.46. The highest BCUT2D eigenvalue weighted by atomic mass is 32.2. The molecule has 1 aliphatic heterocycles. The van der Waals surface area contributed by atoms with E-state index in [9.17, 15) is 13.2 Å². The zero-order chi connectivity index (χ0) is 14.6. The van der Waals surface area contributed by atoms with Gasteiger partial charge >= 0.3 is 0 Å². The van der Waals surface area contributed by atoms with E-state index in [4.69, 9.17) is 0 Å². The van der Waals surface area contributed by atoms with E-state index in [1.54, 1.807) is 18.3 Å². The minimum absolute atomic E-state index is 0.0377. The molecular formula is C13H20N2O3S2. The molecule has 20 heavy (non-hydrogen) atoms. The van der Waals surface area contributed by atoms with Gasteiger partial charge in [0.1, 0.15) is 0 Å². The Morgan fingerprint density at radius 3 is 3.05 bits per heavy atom. The number of sulfone groups is 1. The summed E-state index contributed by atoms with van der Waals surface area (Å²) in [7, 11) is -2.96. The van der Waals surface area contributed by atoms with Crippen molar-refractivity contribution in [3.63, 3.8) is 0 Å². The van der Waals surface area contributed by atoms with Crippen molar-refractivity contribution in [2.24, 2.45) is 0 Å². The monoisotopic (exact) mass is 316 g/mol. The molecule has 112 valence electrons. The second kappa shape index (κ2) is 6.69. The van der Waals surface area contributed by atoms with Gasteiger partial charge in [-0.1, -0.05) is 6.92 Å². The molecule has 0 aliphatic carbocycles. The molecule has 1 aliphatic rings. The van der Waals surface area contributed by atoms with Crippen molar-refractivity contribution >= 4 is 27.1 Å². The molecule has 1 aromatic heterocycles. The van der Waals surface area contributed by atoms with E-state index in [1.807, 2.05) is 4.90 Å². The van der Waals surface area contributed by atoms with Crippen molar-refractivity contribution in [2.45, 2.75) is 19.9 Å². The lowest BCUT2D eigenvalue weighted by molar-refractivity contribution is -0.131. The summed E-state index contributed by atoms with van der Waals surface area (Å²) in [5.74, 6) is 0.275. The van der Waals surface area contributed by atoms with Gasteiger partial charge in [0.05, 0.1) is 12.3 Å². The van der Waals surface area contributed by atoms with Gasteiger partial charge in [0.15, 0.2) is 9.84 Å². The summed E-state index contributed by atoms with van der Waals surface area (Å²) >= 11 is 1.75. The van der Waals surface area contributed by atoms with Crippen LogP contribution in [0.1, 0.15) is 17.4 Å². The van der Waals surface area contributed by atoms with Gasteiger partial charge in [-0.2, -0.15) is 0 Å². The molecule has 0 aromatic carbocycles. The maximum atomic E-state index is 12.0. The molecule has 0 fully saturated rings. The van der Waals surface area contributed by atoms with Crippen LogP contribution in [0.4, 0.5) is 0 Å². The van der Waals surface area contributed by atoms with Crippen LogP contribution in [0.15, 0.2) is 11.4 Å². The molecule has 2 rings (SSSR count). The molecule has 0 saturated carbocycles. The third kappa shape index (κ3) is 4.04. The lowest BCUT2D eigenvalue weighted by Crippen LogP contribution is -2.41. The molecule has 5 nitrogen and oxygen atoms in total. The minimum Gasteiger partial charge on any atom is -0.337 e. The normalized spacial score (nSPS) is 15.2. The average molecular weight is 316 g/mol. The number of carbonyl (C=O) groups excluding carboxylic acids is 1. The highest BCUT2D eigenvalue weighted by Crippen LogP contribution is 2.23. The molecule has 0 atom stereocenters. The molecule has 0 unspecified atom stereocenters. The summed E-state index contributed by atoms with van der Waals surface area (Å²) in [6.07, 6.45) is 0.920. The fourth-order valence-electron chi connectivity index (χ4n) is 2.14. The summed E-state index contributed by atoms with van der Waals surface area (Å²) in [6.45, 7) is 3.60. The van der Waals surface area contributed by atoms with Crippen LogP contribution in [0.25, 0.3) is 0 Å². The van der Waals surface area contributed by atoms with Gasteiger partial charge in [-0.05, 0) is 23.4 Å². The van der Waals surface area contributed by atoms with Crippen molar-refractivity contribution in [1.82, 2.24) is 10.2 Å². The average Bonchev–Trinajstić information content (AvgIpc) is 2.90. The predicted molar refractivity (Wildman–Crippen MR) is 80.6 cm³/mol.